The van der Waals surface area contributed by atoms with Crippen LogP contribution in [0, 0.1) is 0 Å². The average molecular weight is 177 g/mol. The molecule has 0 aromatic heterocycles. The predicted molar refractivity (Wildman–Crippen MR) is 24.2 cm³/mol. The molecule has 1 nitrogen and oxygen atoms in total. The van der Waals surface area contributed by atoms with Gasteiger partial charge in [0, 0.05) is 0 Å². The van der Waals surface area contributed by atoms with Gasteiger partial charge in [-0.25, -0.2) is 0 Å². The topological polar surface area (TPSA) is 26.0 Å². The second kappa shape index (κ2) is 4.76. The van der Waals surface area contributed by atoms with E-state index in [1.54, 1.807) is 22.5 Å². The van der Waals surface area contributed by atoms with Gasteiger partial charge in [0.15, 0.2) is 0 Å². The first-order chi connectivity index (χ1) is 2.41. The molecular weight excluding hydrogens is 169 g/mol. The van der Waals surface area contributed by atoms with E-state index in [1.807, 2.05) is 0 Å². The van der Waals surface area contributed by atoms with E-state index in [9.17, 15) is 0 Å². The fraction of sp³-hybridized carbons (Fsp3) is 1.00. The summed E-state index contributed by atoms with van der Waals surface area (Å²) in [5, 5.41) is 0. The first kappa shape index (κ1) is 5.76. The Labute approximate surface area is 46.0 Å². The van der Waals surface area contributed by atoms with Crippen LogP contribution in [0.5, 0.6) is 0 Å². The zero-order valence-corrected chi connectivity index (χ0v) is 6.05. The molecule has 0 aliphatic heterocycles. The summed E-state index contributed by atoms with van der Waals surface area (Å²) in [6.45, 7) is 0.866. The number of hydrogen-bond acceptors (Lipinski definition) is 1. The second-order valence-electron chi connectivity index (χ2n) is 0.892. The van der Waals surface area contributed by atoms with E-state index in [0.29, 0.717) is 0 Å². The molecule has 0 atom stereocenters. The molecule has 0 spiro atoms. The van der Waals surface area contributed by atoms with Crippen LogP contribution in [0.4, 0.5) is 0 Å². The van der Waals surface area contributed by atoms with E-state index in [0.717, 1.165) is 6.54 Å². The Balaban J connectivity index is 2.19. The first-order valence-corrected chi connectivity index (χ1v) is 3.78. The fourth-order valence-corrected chi connectivity index (χ4v) is 0.685. The van der Waals surface area contributed by atoms with Crippen LogP contribution in [0.1, 0.15) is 6.42 Å². The molecule has 29 valence electrons. The third-order valence-corrected chi connectivity index (χ3v) is 1.39. The zero-order chi connectivity index (χ0) is 4.12. The molecule has 0 bridgehead atoms. The molecule has 0 saturated carbocycles. The van der Waals surface area contributed by atoms with E-state index < -0.39 is 0 Å². The van der Waals surface area contributed by atoms with Gasteiger partial charge in [-0.2, -0.15) is 0 Å². The van der Waals surface area contributed by atoms with Crippen LogP contribution in [-0.2, 0) is 0 Å². The molecule has 0 aromatic rings. The van der Waals surface area contributed by atoms with E-state index >= 15 is 0 Å². The van der Waals surface area contributed by atoms with Crippen molar-refractivity contribution >= 4 is 22.5 Å². The van der Waals surface area contributed by atoms with Gasteiger partial charge in [0.05, 0.1) is 0 Å². The minimum atomic E-state index is 0.866. The van der Waals surface area contributed by atoms with Crippen LogP contribution in [0.3, 0.4) is 0 Å². The van der Waals surface area contributed by atoms with Crippen molar-refractivity contribution in [2.75, 3.05) is 6.54 Å². The van der Waals surface area contributed by atoms with Crippen LogP contribution >= 0.6 is 0 Å². The average Bonchev–Trinajstić information content (AvgIpc) is 1.41. The summed E-state index contributed by atoms with van der Waals surface area (Å²) in [4.78, 5) is 0. The van der Waals surface area contributed by atoms with Crippen molar-refractivity contribution in [1.82, 2.24) is 0 Å². The molecule has 0 heterocycles. The van der Waals surface area contributed by atoms with Gasteiger partial charge in [0.1, 0.15) is 0 Å². The molecule has 0 unspecified atom stereocenters. The van der Waals surface area contributed by atoms with Crippen molar-refractivity contribution in [2.24, 2.45) is 5.73 Å². The summed E-state index contributed by atoms with van der Waals surface area (Å²) >= 11 is 1.60. The third kappa shape index (κ3) is 4.76. The van der Waals surface area contributed by atoms with Crippen LogP contribution in [0.2, 0.25) is 4.44 Å². The molecule has 0 rings (SSSR count). The molecule has 3 radical (unpaired) electrons. The maximum atomic E-state index is 5.15. The molecule has 0 amide bonds. The maximum absolute atomic E-state index is 5.15. The Morgan fingerprint density at radius 2 is 2.20 bits per heavy atom. The van der Waals surface area contributed by atoms with Gasteiger partial charge in [-0.05, 0) is 0 Å². The van der Waals surface area contributed by atoms with Gasteiger partial charge in [-0.1, -0.05) is 0 Å². The van der Waals surface area contributed by atoms with Crippen molar-refractivity contribution in [3.8, 4) is 0 Å². The normalized spacial score (nSPS) is 8.40. The quantitative estimate of drug-likeness (QED) is 0.586. The first-order valence-electron chi connectivity index (χ1n) is 1.76. The summed E-state index contributed by atoms with van der Waals surface area (Å²) in [6, 6.07) is 0. The van der Waals surface area contributed by atoms with Crippen molar-refractivity contribution in [2.45, 2.75) is 10.9 Å². The zero-order valence-electron chi connectivity index (χ0n) is 3.20. The van der Waals surface area contributed by atoms with Crippen molar-refractivity contribution in [1.29, 1.82) is 0 Å². The van der Waals surface area contributed by atoms with E-state index in [-0.39, 0.29) is 0 Å². The molecule has 2 heteroatoms. The summed E-state index contributed by atoms with van der Waals surface area (Å²) in [7, 11) is 0. The Morgan fingerprint density at radius 3 is 2.20 bits per heavy atom. The second-order valence-corrected chi connectivity index (χ2v) is 2.32. The Kier molecular flexibility index (Phi) is 5.48. The van der Waals surface area contributed by atoms with Gasteiger partial charge in [-0.15, -0.1) is 0 Å². The third-order valence-electron chi connectivity index (χ3n) is 0.381. The van der Waals surface area contributed by atoms with Crippen molar-refractivity contribution in [3.63, 3.8) is 0 Å². The summed E-state index contributed by atoms with van der Waals surface area (Å²) < 4.78 is 1.31. The molecule has 0 aromatic carbocycles. The molecule has 0 fully saturated rings. The van der Waals surface area contributed by atoms with E-state index in [2.05, 4.69) is 0 Å². The van der Waals surface area contributed by atoms with Gasteiger partial charge < -0.3 is 0 Å². The molecular formula is C3H8NSn. The van der Waals surface area contributed by atoms with Crippen LogP contribution < -0.4 is 5.73 Å². The molecule has 0 saturated heterocycles. The van der Waals surface area contributed by atoms with Gasteiger partial charge in [0.25, 0.3) is 0 Å². The van der Waals surface area contributed by atoms with Gasteiger partial charge in [0.2, 0.25) is 0 Å². The SMILES string of the molecule is NCC[CH2][Sn]. The molecule has 0 aliphatic carbocycles. The number of rotatable bonds is 2. The van der Waals surface area contributed by atoms with E-state index in [4.69, 9.17) is 5.73 Å². The summed E-state index contributed by atoms with van der Waals surface area (Å²) in [6.07, 6.45) is 1.21. The summed E-state index contributed by atoms with van der Waals surface area (Å²) in [5.74, 6) is 0. The van der Waals surface area contributed by atoms with Gasteiger partial charge in [-0.3, -0.25) is 0 Å². The van der Waals surface area contributed by atoms with Crippen LogP contribution in [0.15, 0.2) is 0 Å². The van der Waals surface area contributed by atoms with Crippen molar-refractivity contribution in [3.05, 3.63) is 0 Å². The van der Waals surface area contributed by atoms with Crippen molar-refractivity contribution < 1.29 is 0 Å². The molecule has 5 heavy (non-hydrogen) atoms. The Morgan fingerprint density at radius 1 is 1.60 bits per heavy atom. The number of nitrogens with two attached hydrogens (primary N) is 1. The molecule has 2 N–H and O–H groups in total. The number of hydrogen-bond donors (Lipinski definition) is 1. The van der Waals surface area contributed by atoms with Crippen LogP contribution in [-0.4, -0.2) is 29.1 Å². The Bertz CT molecular complexity index is 14.4. The monoisotopic (exact) mass is 178 g/mol. The fourth-order valence-electron chi connectivity index (χ4n) is 0.102. The van der Waals surface area contributed by atoms with Gasteiger partial charge >= 0.3 is 45.7 Å². The van der Waals surface area contributed by atoms with E-state index in [1.165, 1.54) is 10.9 Å². The predicted octanol–water partition coefficient (Wildman–Crippen LogP) is -0.0780. The summed E-state index contributed by atoms with van der Waals surface area (Å²) in [5.41, 5.74) is 5.15. The molecule has 0 aliphatic rings. The minimum absolute atomic E-state index is 0.866. The standard InChI is InChI=1S/C3H8N.Sn/c1-2-3-4;/h1-4H2;. The van der Waals surface area contributed by atoms with Crippen LogP contribution in [0.25, 0.3) is 0 Å². The Hall–Kier alpha value is 0.759.